The summed E-state index contributed by atoms with van der Waals surface area (Å²) in [7, 11) is 0. The lowest BCUT2D eigenvalue weighted by molar-refractivity contribution is -0.112. The molecule has 0 atom stereocenters. The molecule has 0 N–H and O–H groups in total. The van der Waals surface area contributed by atoms with E-state index < -0.39 is 0 Å². The summed E-state index contributed by atoms with van der Waals surface area (Å²) < 4.78 is 1.91. The molecule has 0 fully saturated rings. The first-order valence-corrected chi connectivity index (χ1v) is 9.97. The number of imide groups is 1. The minimum Gasteiger partial charge on any atom is -0.306 e. The summed E-state index contributed by atoms with van der Waals surface area (Å²) in [5.74, 6) is -0.636. The number of amides is 2. The minimum atomic E-state index is -0.328. The van der Waals surface area contributed by atoms with Crippen LogP contribution in [-0.4, -0.2) is 21.4 Å². The van der Waals surface area contributed by atoms with Crippen molar-refractivity contribution in [2.24, 2.45) is 0 Å². The second-order valence-electron chi connectivity index (χ2n) is 7.45. The van der Waals surface area contributed by atoms with Crippen LogP contribution in [0.4, 0.5) is 5.69 Å². The molecule has 1 aliphatic heterocycles. The lowest BCUT2D eigenvalue weighted by Gasteiger charge is -2.28. The van der Waals surface area contributed by atoms with Crippen molar-refractivity contribution in [1.29, 1.82) is 0 Å². The molecule has 0 bridgehead atoms. The molecule has 2 heterocycles. The van der Waals surface area contributed by atoms with E-state index in [0.29, 0.717) is 22.4 Å². The average molecular weight is 405 g/mol. The topological polar surface area (TPSA) is 55.2 Å². The van der Waals surface area contributed by atoms with Gasteiger partial charge in [-0.25, -0.2) is 9.88 Å². The van der Waals surface area contributed by atoms with Crippen molar-refractivity contribution in [1.82, 2.24) is 9.55 Å². The first-order chi connectivity index (χ1) is 15.1. The van der Waals surface area contributed by atoms with Crippen LogP contribution in [0, 0.1) is 6.92 Å². The molecule has 0 radical (unpaired) electrons. The monoisotopic (exact) mass is 405 g/mol. The van der Waals surface area contributed by atoms with E-state index in [0.717, 1.165) is 16.8 Å². The van der Waals surface area contributed by atoms with Crippen LogP contribution in [0.25, 0.3) is 17.3 Å². The van der Waals surface area contributed by atoms with E-state index in [4.69, 9.17) is 0 Å². The van der Waals surface area contributed by atoms with Gasteiger partial charge in [0.25, 0.3) is 11.8 Å². The number of fused-ring (bicyclic) bond motifs is 1. The molecule has 150 valence electrons. The van der Waals surface area contributed by atoms with E-state index in [1.807, 2.05) is 78.4 Å². The lowest BCUT2D eigenvalue weighted by Crippen LogP contribution is -2.41. The Hall–Kier alpha value is -4.25. The molecule has 1 aliphatic rings. The number of anilines is 1. The molecule has 1 aromatic heterocycles. The van der Waals surface area contributed by atoms with Crippen molar-refractivity contribution in [3.8, 4) is 5.69 Å². The predicted molar refractivity (Wildman–Crippen MR) is 121 cm³/mol. The fourth-order valence-electron chi connectivity index (χ4n) is 3.74. The van der Waals surface area contributed by atoms with Gasteiger partial charge in [0.1, 0.15) is 0 Å². The Bertz CT molecular complexity index is 1300. The second-order valence-corrected chi connectivity index (χ2v) is 7.45. The van der Waals surface area contributed by atoms with Crippen LogP contribution in [0.3, 0.4) is 0 Å². The van der Waals surface area contributed by atoms with Gasteiger partial charge >= 0.3 is 0 Å². The van der Waals surface area contributed by atoms with E-state index in [-0.39, 0.29) is 11.8 Å². The Morgan fingerprint density at radius 1 is 0.774 bits per heavy atom. The summed E-state index contributed by atoms with van der Waals surface area (Å²) in [5, 5.41) is 0. The molecular weight excluding hydrogens is 386 g/mol. The van der Waals surface area contributed by atoms with Gasteiger partial charge in [0.05, 0.1) is 12.0 Å². The highest BCUT2D eigenvalue weighted by Crippen LogP contribution is 2.33. The summed E-state index contributed by atoms with van der Waals surface area (Å²) in [6, 6.07) is 22.5. The maximum Gasteiger partial charge on any atom is 0.265 e. The Kier molecular flexibility index (Phi) is 4.56. The number of nitrogens with zero attached hydrogens (tertiary/aromatic N) is 3. The third kappa shape index (κ3) is 3.36. The molecule has 5 heteroatoms. The normalized spacial score (nSPS) is 14.7. The molecule has 0 unspecified atom stereocenters. The predicted octanol–water partition coefficient (Wildman–Crippen LogP) is 4.91. The number of carbonyl (C=O) groups excluding carboxylic acids is 2. The molecule has 0 aliphatic carbocycles. The van der Waals surface area contributed by atoms with Crippen molar-refractivity contribution in [2.75, 3.05) is 4.90 Å². The molecule has 5 rings (SSSR count). The van der Waals surface area contributed by atoms with Gasteiger partial charge in [-0.15, -0.1) is 0 Å². The molecule has 0 spiro atoms. The Labute approximate surface area is 179 Å². The quantitative estimate of drug-likeness (QED) is 0.360. The largest absolute Gasteiger partial charge is 0.306 e. The number of aryl methyl sites for hydroxylation is 1. The molecule has 5 nitrogen and oxygen atoms in total. The van der Waals surface area contributed by atoms with Gasteiger partial charge in [-0.2, -0.15) is 0 Å². The standard InChI is InChI=1S/C26H19N3O2/c1-18-6-10-21(11-7-18)29-25(30)23-5-3-2-4-22(23)24(26(29)31)16-19-8-12-20(13-9-19)28-15-14-27-17-28/h2-17H,1H3/b24-16+. The maximum absolute atomic E-state index is 13.5. The SMILES string of the molecule is Cc1ccc(N2C(=O)/C(=C/c3ccc(-n4ccnc4)cc3)c3ccccc3C2=O)cc1. The fourth-order valence-corrected chi connectivity index (χ4v) is 3.74. The Morgan fingerprint density at radius 3 is 2.13 bits per heavy atom. The summed E-state index contributed by atoms with van der Waals surface area (Å²) in [6.07, 6.45) is 7.18. The molecule has 0 saturated heterocycles. The first kappa shape index (κ1) is 18.8. The van der Waals surface area contributed by atoms with Crippen LogP contribution < -0.4 is 4.90 Å². The molecule has 3 aromatic carbocycles. The molecule has 4 aromatic rings. The van der Waals surface area contributed by atoms with Crippen LogP contribution >= 0.6 is 0 Å². The zero-order valence-electron chi connectivity index (χ0n) is 16.9. The van der Waals surface area contributed by atoms with Gasteiger partial charge in [0.2, 0.25) is 0 Å². The van der Waals surface area contributed by atoms with Crippen molar-refractivity contribution in [3.63, 3.8) is 0 Å². The highest BCUT2D eigenvalue weighted by atomic mass is 16.2. The van der Waals surface area contributed by atoms with E-state index in [1.54, 1.807) is 30.7 Å². The second kappa shape index (κ2) is 7.54. The van der Waals surface area contributed by atoms with E-state index in [2.05, 4.69) is 4.98 Å². The highest BCUT2D eigenvalue weighted by Gasteiger charge is 2.35. The summed E-state index contributed by atoms with van der Waals surface area (Å²) in [6.45, 7) is 1.97. The van der Waals surface area contributed by atoms with E-state index in [9.17, 15) is 9.59 Å². The van der Waals surface area contributed by atoms with Crippen LogP contribution in [0.5, 0.6) is 0 Å². The zero-order valence-corrected chi connectivity index (χ0v) is 16.9. The number of hydrogen-bond donors (Lipinski definition) is 0. The Balaban J connectivity index is 1.59. The smallest absolute Gasteiger partial charge is 0.265 e. The zero-order chi connectivity index (χ0) is 21.4. The van der Waals surface area contributed by atoms with Gasteiger partial charge in [0.15, 0.2) is 0 Å². The summed E-state index contributed by atoms with van der Waals surface area (Å²) in [5.41, 5.74) is 5.15. The van der Waals surface area contributed by atoms with Crippen molar-refractivity contribution >= 4 is 29.2 Å². The van der Waals surface area contributed by atoms with Gasteiger partial charge in [-0.1, -0.05) is 48.0 Å². The van der Waals surface area contributed by atoms with Crippen molar-refractivity contribution < 1.29 is 9.59 Å². The van der Waals surface area contributed by atoms with Crippen LogP contribution in [-0.2, 0) is 4.79 Å². The third-order valence-electron chi connectivity index (χ3n) is 5.38. The number of imidazole rings is 1. The van der Waals surface area contributed by atoms with E-state index >= 15 is 0 Å². The average Bonchev–Trinajstić information content (AvgIpc) is 3.33. The maximum atomic E-state index is 13.5. The molecular formula is C26H19N3O2. The summed E-state index contributed by atoms with van der Waals surface area (Å²) in [4.78, 5) is 31.9. The number of benzene rings is 3. The van der Waals surface area contributed by atoms with Gasteiger partial charge in [0, 0.05) is 29.2 Å². The van der Waals surface area contributed by atoms with E-state index in [1.165, 1.54) is 4.90 Å². The van der Waals surface area contributed by atoms with Crippen LogP contribution in [0.1, 0.15) is 27.0 Å². The minimum absolute atomic E-state index is 0.308. The van der Waals surface area contributed by atoms with Crippen molar-refractivity contribution in [2.45, 2.75) is 6.92 Å². The van der Waals surface area contributed by atoms with Crippen LogP contribution in [0.2, 0.25) is 0 Å². The van der Waals surface area contributed by atoms with Crippen molar-refractivity contribution in [3.05, 3.63) is 114 Å². The number of aromatic nitrogens is 2. The molecule has 0 saturated carbocycles. The summed E-state index contributed by atoms with van der Waals surface area (Å²) >= 11 is 0. The molecule has 2 amide bonds. The number of hydrogen-bond acceptors (Lipinski definition) is 3. The first-order valence-electron chi connectivity index (χ1n) is 9.97. The number of carbonyl (C=O) groups is 2. The Morgan fingerprint density at radius 2 is 1.45 bits per heavy atom. The lowest BCUT2D eigenvalue weighted by atomic mass is 9.91. The fraction of sp³-hybridized carbons (Fsp3) is 0.0385. The number of rotatable bonds is 3. The highest BCUT2D eigenvalue weighted by molar-refractivity contribution is 6.43. The molecule has 31 heavy (non-hydrogen) atoms. The van der Waals surface area contributed by atoms with Gasteiger partial charge in [-0.05, 0) is 54.5 Å². The van der Waals surface area contributed by atoms with Gasteiger partial charge < -0.3 is 4.57 Å². The van der Waals surface area contributed by atoms with Gasteiger partial charge in [-0.3, -0.25) is 9.59 Å². The van der Waals surface area contributed by atoms with Crippen LogP contribution in [0.15, 0.2) is 91.5 Å². The third-order valence-corrected chi connectivity index (χ3v) is 5.38.